The lowest BCUT2D eigenvalue weighted by molar-refractivity contribution is -0.140. The summed E-state index contributed by atoms with van der Waals surface area (Å²) in [5.41, 5.74) is 4.69. The highest BCUT2D eigenvalue weighted by atomic mass is 28.4. The number of β-lactam (4-membered cyclic amide) rings is 1. The van der Waals surface area contributed by atoms with E-state index in [0.717, 1.165) is 0 Å². The number of hydrogen-bond donors (Lipinski definition) is 1. The lowest BCUT2D eigenvalue weighted by Gasteiger charge is -2.47. The van der Waals surface area contributed by atoms with Crippen LogP contribution in [0.2, 0.25) is 37.8 Å². The minimum atomic E-state index is -1.94. The van der Waals surface area contributed by atoms with Crippen molar-refractivity contribution in [2.45, 2.75) is 83.5 Å². The standard InChI is InChI=1S/C23H37NO2Si2/c1-17(26-28(8,9)23(2,3)4)20-21(24-22(20)25)19(15-16-27(5,6)7)18-13-11-10-12-14-18/h10-14,17,19-21H,1-9H3,(H,24,25)/t17-,19+,20-,21-/m1/s1. The molecule has 1 N–H and O–H groups in total. The lowest BCUT2D eigenvalue weighted by atomic mass is 9.76. The molecule has 0 unspecified atom stereocenters. The Morgan fingerprint density at radius 3 is 2.11 bits per heavy atom. The smallest absolute Gasteiger partial charge is 0.228 e. The van der Waals surface area contributed by atoms with E-state index in [1.54, 1.807) is 0 Å². The van der Waals surface area contributed by atoms with Gasteiger partial charge in [-0.2, -0.15) is 0 Å². The van der Waals surface area contributed by atoms with Gasteiger partial charge in [-0.25, -0.2) is 0 Å². The summed E-state index contributed by atoms with van der Waals surface area (Å²) < 4.78 is 6.58. The molecule has 1 saturated heterocycles. The molecule has 1 aliphatic heterocycles. The highest BCUT2D eigenvalue weighted by Crippen LogP contribution is 2.40. The van der Waals surface area contributed by atoms with Gasteiger partial charge in [0.25, 0.3) is 0 Å². The average Bonchev–Trinajstić information content (AvgIpc) is 2.52. The second-order valence-corrected chi connectivity index (χ2v) is 20.1. The SMILES string of the molecule is C[C@@H](O[Si](C)(C)C(C)(C)C)[C@H]1C(=O)N[C@@H]1[C@@H](C#C[Si](C)(C)C)c1ccccc1. The number of benzene rings is 1. The van der Waals surface area contributed by atoms with Crippen LogP contribution in [0.5, 0.6) is 0 Å². The summed E-state index contributed by atoms with van der Waals surface area (Å²) in [5, 5.41) is 3.26. The van der Waals surface area contributed by atoms with E-state index in [1.807, 2.05) is 18.2 Å². The summed E-state index contributed by atoms with van der Waals surface area (Å²) in [6.07, 6.45) is -0.112. The van der Waals surface area contributed by atoms with Gasteiger partial charge in [-0.3, -0.25) is 4.79 Å². The van der Waals surface area contributed by atoms with Crippen molar-refractivity contribution in [1.82, 2.24) is 5.32 Å². The van der Waals surface area contributed by atoms with Gasteiger partial charge in [-0.15, -0.1) is 11.5 Å². The van der Waals surface area contributed by atoms with Crippen molar-refractivity contribution in [3.63, 3.8) is 0 Å². The molecule has 154 valence electrons. The zero-order valence-electron chi connectivity index (χ0n) is 19.0. The highest BCUT2D eigenvalue weighted by molar-refractivity contribution is 6.83. The molecular weight excluding hydrogens is 378 g/mol. The normalized spacial score (nSPS) is 22.4. The van der Waals surface area contributed by atoms with E-state index in [-0.39, 0.29) is 34.9 Å². The molecule has 1 amide bonds. The maximum absolute atomic E-state index is 12.5. The Hall–Kier alpha value is -1.36. The largest absolute Gasteiger partial charge is 0.413 e. The third-order valence-electron chi connectivity index (χ3n) is 5.91. The van der Waals surface area contributed by atoms with Gasteiger partial charge in [-0.05, 0) is 30.6 Å². The zero-order valence-corrected chi connectivity index (χ0v) is 21.0. The molecule has 1 heterocycles. The van der Waals surface area contributed by atoms with Gasteiger partial charge in [0.15, 0.2) is 8.32 Å². The molecule has 0 radical (unpaired) electrons. The second kappa shape index (κ2) is 8.18. The second-order valence-electron chi connectivity index (χ2n) is 10.6. The number of rotatable bonds is 5. The Bertz CT molecular complexity index is 751. The van der Waals surface area contributed by atoms with Gasteiger partial charge in [-0.1, -0.05) is 70.7 Å². The maximum atomic E-state index is 12.5. The average molecular weight is 416 g/mol. The van der Waals surface area contributed by atoms with Crippen molar-refractivity contribution in [1.29, 1.82) is 0 Å². The van der Waals surface area contributed by atoms with Gasteiger partial charge in [0, 0.05) is 0 Å². The minimum absolute atomic E-state index is 0.00101. The Kier molecular flexibility index (Phi) is 6.70. The van der Waals surface area contributed by atoms with Gasteiger partial charge in [0.2, 0.25) is 5.91 Å². The van der Waals surface area contributed by atoms with Crippen molar-refractivity contribution in [3.05, 3.63) is 35.9 Å². The van der Waals surface area contributed by atoms with E-state index in [4.69, 9.17) is 4.43 Å². The summed E-state index contributed by atoms with van der Waals surface area (Å²) in [6.45, 7) is 20.0. The fourth-order valence-corrected chi connectivity index (χ4v) is 5.28. The quantitative estimate of drug-likeness (QED) is 0.409. The van der Waals surface area contributed by atoms with Crippen LogP contribution < -0.4 is 5.32 Å². The van der Waals surface area contributed by atoms with Crippen LogP contribution in [0.1, 0.15) is 39.2 Å². The molecule has 1 aromatic carbocycles. The molecule has 5 heteroatoms. The molecule has 1 aromatic rings. The first-order valence-corrected chi connectivity index (χ1v) is 16.7. The van der Waals surface area contributed by atoms with E-state index in [9.17, 15) is 4.79 Å². The molecule has 1 fully saturated rings. The summed E-state index contributed by atoms with van der Waals surface area (Å²) in [6, 6.07) is 10.3. The first kappa shape index (κ1) is 22.9. The number of nitrogens with one attached hydrogen (secondary N) is 1. The topological polar surface area (TPSA) is 38.3 Å². The fraction of sp³-hybridized carbons (Fsp3) is 0.609. The van der Waals surface area contributed by atoms with Crippen LogP contribution in [0, 0.1) is 17.4 Å². The first-order valence-electron chi connectivity index (χ1n) is 10.3. The van der Waals surface area contributed by atoms with Crippen molar-refractivity contribution in [2.24, 2.45) is 5.92 Å². The van der Waals surface area contributed by atoms with Crippen LogP contribution in [-0.4, -0.2) is 34.4 Å². The summed E-state index contributed by atoms with van der Waals surface area (Å²) in [4.78, 5) is 12.5. The van der Waals surface area contributed by atoms with Crippen LogP contribution in [-0.2, 0) is 9.22 Å². The van der Waals surface area contributed by atoms with E-state index >= 15 is 0 Å². The summed E-state index contributed by atoms with van der Waals surface area (Å²) in [5.74, 6) is 3.46. The van der Waals surface area contributed by atoms with Gasteiger partial charge >= 0.3 is 0 Å². The first-order chi connectivity index (χ1) is 12.7. The van der Waals surface area contributed by atoms with Crippen molar-refractivity contribution in [2.75, 3.05) is 0 Å². The van der Waals surface area contributed by atoms with E-state index < -0.39 is 16.4 Å². The van der Waals surface area contributed by atoms with E-state index in [2.05, 4.69) is 89.3 Å². The summed E-state index contributed by atoms with van der Waals surface area (Å²) >= 11 is 0. The molecule has 1 aliphatic rings. The van der Waals surface area contributed by atoms with Gasteiger partial charge < -0.3 is 9.74 Å². The van der Waals surface area contributed by atoms with Crippen molar-refractivity contribution < 1.29 is 9.22 Å². The summed E-state index contributed by atoms with van der Waals surface area (Å²) in [7, 11) is -3.46. The van der Waals surface area contributed by atoms with Crippen LogP contribution in [0.15, 0.2) is 30.3 Å². The van der Waals surface area contributed by atoms with Crippen LogP contribution >= 0.6 is 0 Å². The molecule has 4 atom stereocenters. The molecule has 0 spiro atoms. The Balaban J connectivity index is 2.31. The van der Waals surface area contributed by atoms with E-state index in [0.29, 0.717) is 0 Å². The monoisotopic (exact) mass is 415 g/mol. The Morgan fingerprint density at radius 1 is 1.07 bits per heavy atom. The number of amides is 1. The molecule has 0 aromatic heterocycles. The Morgan fingerprint density at radius 2 is 1.64 bits per heavy atom. The predicted octanol–water partition coefficient (Wildman–Crippen LogP) is 5.18. The van der Waals surface area contributed by atoms with Crippen molar-refractivity contribution >= 4 is 22.3 Å². The third-order valence-corrected chi connectivity index (χ3v) is 11.4. The number of carbonyl (C=O) groups is 1. The maximum Gasteiger partial charge on any atom is 0.228 e. The van der Waals surface area contributed by atoms with Crippen LogP contribution in [0.3, 0.4) is 0 Å². The fourth-order valence-electron chi connectivity index (χ4n) is 3.26. The van der Waals surface area contributed by atoms with Crippen LogP contribution in [0.25, 0.3) is 0 Å². The van der Waals surface area contributed by atoms with Gasteiger partial charge in [0.05, 0.1) is 24.0 Å². The molecule has 0 saturated carbocycles. The van der Waals surface area contributed by atoms with Crippen molar-refractivity contribution in [3.8, 4) is 11.5 Å². The molecule has 0 bridgehead atoms. The Labute approximate surface area is 173 Å². The molecule has 28 heavy (non-hydrogen) atoms. The lowest BCUT2D eigenvalue weighted by Crippen LogP contribution is -2.65. The van der Waals surface area contributed by atoms with E-state index in [1.165, 1.54) is 5.56 Å². The van der Waals surface area contributed by atoms with Gasteiger partial charge in [0.1, 0.15) is 8.07 Å². The molecular formula is C23H37NO2Si2. The minimum Gasteiger partial charge on any atom is -0.413 e. The third kappa shape index (κ3) is 5.37. The highest BCUT2D eigenvalue weighted by Gasteiger charge is 2.50. The number of carbonyl (C=O) groups excluding carboxylic acids is 1. The molecule has 2 rings (SSSR count). The number of hydrogen-bond acceptors (Lipinski definition) is 2. The molecule has 0 aliphatic carbocycles. The zero-order chi connectivity index (χ0) is 21.3. The molecule has 3 nitrogen and oxygen atoms in total. The van der Waals surface area contributed by atoms with Crippen LogP contribution in [0.4, 0.5) is 0 Å². The predicted molar refractivity (Wildman–Crippen MR) is 123 cm³/mol.